The van der Waals surface area contributed by atoms with Crippen LogP contribution in [-0.4, -0.2) is 26.9 Å². The van der Waals surface area contributed by atoms with Crippen LogP contribution in [0.4, 0.5) is 10.5 Å². The quantitative estimate of drug-likeness (QED) is 0.810. The average molecular weight is 299 g/mol. The highest BCUT2D eigenvalue weighted by Crippen LogP contribution is 2.21. The van der Waals surface area contributed by atoms with Crippen LogP contribution in [0, 0.1) is 0 Å². The lowest BCUT2D eigenvalue weighted by atomic mass is 10.1. The first-order chi connectivity index (χ1) is 9.46. The Labute approximate surface area is 120 Å². The van der Waals surface area contributed by atoms with Gasteiger partial charge in [-0.1, -0.05) is 25.5 Å². The van der Waals surface area contributed by atoms with Gasteiger partial charge in [0.05, 0.1) is 18.0 Å². The standard InChI is InChI=1S/C14H21NO4S/c1-4-7-12-8-10-13(11-9-12)15(14(16)19-5-2)20(17,18)6-3/h8-11H,4-7H2,1-3H3. The van der Waals surface area contributed by atoms with Crippen LogP contribution in [0.2, 0.25) is 0 Å². The Morgan fingerprint density at radius 1 is 1.15 bits per heavy atom. The fourth-order valence-electron chi connectivity index (χ4n) is 1.78. The molecule has 1 aromatic carbocycles. The van der Waals surface area contributed by atoms with Gasteiger partial charge in [0.25, 0.3) is 0 Å². The number of hydrogen-bond acceptors (Lipinski definition) is 4. The Hall–Kier alpha value is -1.56. The second-order valence-electron chi connectivity index (χ2n) is 4.28. The van der Waals surface area contributed by atoms with Crippen LogP contribution in [0.15, 0.2) is 24.3 Å². The number of aryl methyl sites for hydroxylation is 1. The van der Waals surface area contributed by atoms with E-state index in [2.05, 4.69) is 6.92 Å². The van der Waals surface area contributed by atoms with E-state index >= 15 is 0 Å². The summed E-state index contributed by atoms with van der Waals surface area (Å²) in [6.45, 7) is 5.33. The number of benzene rings is 1. The SMILES string of the molecule is CCCc1ccc(N(C(=O)OCC)S(=O)(=O)CC)cc1. The van der Waals surface area contributed by atoms with E-state index in [0.29, 0.717) is 5.69 Å². The van der Waals surface area contributed by atoms with Crippen LogP contribution in [0.5, 0.6) is 0 Å². The van der Waals surface area contributed by atoms with Gasteiger partial charge in [0, 0.05) is 0 Å². The monoisotopic (exact) mass is 299 g/mol. The van der Waals surface area contributed by atoms with Crippen molar-refractivity contribution in [1.82, 2.24) is 0 Å². The minimum Gasteiger partial charge on any atom is -0.449 e. The normalized spacial score (nSPS) is 11.2. The Kier molecular flexibility index (Phi) is 6.01. The highest BCUT2D eigenvalue weighted by atomic mass is 32.2. The number of ether oxygens (including phenoxy) is 1. The van der Waals surface area contributed by atoms with E-state index in [1.165, 1.54) is 6.92 Å². The van der Waals surface area contributed by atoms with Crippen LogP contribution < -0.4 is 4.31 Å². The summed E-state index contributed by atoms with van der Waals surface area (Å²) in [7, 11) is -3.70. The van der Waals surface area contributed by atoms with Gasteiger partial charge in [-0.15, -0.1) is 0 Å². The maximum absolute atomic E-state index is 12.1. The third kappa shape index (κ3) is 3.96. The molecule has 0 unspecified atom stereocenters. The zero-order valence-electron chi connectivity index (χ0n) is 12.1. The summed E-state index contributed by atoms with van der Waals surface area (Å²) < 4.78 is 29.7. The van der Waals surface area contributed by atoms with Gasteiger partial charge in [0.2, 0.25) is 10.0 Å². The van der Waals surface area contributed by atoms with E-state index in [9.17, 15) is 13.2 Å². The molecule has 20 heavy (non-hydrogen) atoms. The summed E-state index contributed by atoms with van der Waals surface area (Å²) in [5.74, 6) is -0.164. The Balaban J connectivity index is 3.14. The first-order valence-electron chi connectivity index (χ1n) is 6.74. The number of carbonyl (C=O) groups excluding carboxylic acids is 1. The molecule has 0 saturated heterocycles. The fraction of sp³-hybridized carbons (Fsp3) is 0.500. The third-order valence-electron chi connectivity index (χ3n) is 2.79. The molecule has 112 valence electrons. The highest BCUT2D eigenvalue weighted by Gasteiger charge is 2.28. The number of nitrogens with zero attached hydrogens (tertiary/aromatic N) is 1. The molecule has 0 radical (unpaired) electrons. The molecule has 0 aliphatic rings. The number of sulfonamides is 1. The maximum atomic E-state index is 12.1. The van der Waals surface area contributed by atoms with Gasteiger partial charge >= 0.3 is 6.09 Å². The highest BCUT2D eigenvalue weighted by molar-refractivity contribution is 7.93. The molecule has 0 aliphatic carbocycles. The minimum absolute atomic E-state index is 0.127. The largest absolute Gasteiger partial charge is 0.449 e. The molecule has 0 bridgehead atoms. The summed E-state index contributed by atoms with van der Waals surface area (Å²) >= 11 is 0. The molecule has 0 heterocycles. The van der Waals surface area contributed by atoms with Crippen molar-refractivity contribution in [3.63, 3.8) is 0 Å². The van der Waals surface area contributed by atoms with E-state index in [0.717, 1.165) is 22.7 Å². The van der Waals surface area contributed by atoms with Crippen molar-refractivity contribution in [1.29, 1.82) is 0 Å². The maximum Gasteiger partial charge on any atom is 0.428 e. The molecular weight excluding hydrogens is 278 g/mol. The summed E-state index contributed by atoms with van der Waals surface area (Å²) in [5, 5.41) is 0. The molecule has 0 fully saturated rings. The first kappa shape index (κ1) is 16.5. The minimum atomic E-state index is -3.70. The molecule has 0 spiro atoms. The van der Waals surface area contributed by atoms with Crippen LogP contribution in [-0.2, 0) is 21.2 Å². The van der Waals surface area contributed by atoms with Gasteiger partial charge < -0.3 is 4.74 Å². The van der Waals surface area contributed by atoms with E-state index in [1.807, 2.05) is 12.1 Å². The van der Waals surface area contributed by atoms with Gasteiger partial charge in [0.1, 0.15) is 0 Å². The summed E-state index contributed by atoms with van der Waals surface area (Å²) in [5.41, 5.74) is 1.42. The zero-order valence-corrected chi connectivity index (χ0v) is 12.9. The molecule has 0 atom stereocenters. The summed E-state index contributed by atoms with van der Waals surface area (Å²) in [4.78, 5) is 11.9. The Morgan fingerprint density at radius 3 is 2.20 bits per heavy atom. The average Bonchev–Trinajstić information content (AvgIpc) is 2.41. The molecule has 0 aromatic heterocycles. The second kappa shape index (κ2) is 7.28. The van der Waals surface area contributed by atoms with Gasteiger partial charge in [-0.2, -0.15) is 4.31 Å². The molecule has 1 amide bonds. The lowest BCUT2D eigenvalue weighted by Crippen LogP contribution is -2.38. The molecule has 0 aliphatic heterocycles. The Bertz CT molecular complexity index is 537. The molecule has 0 N–H and O–H groups in total. The van der Waals surface area contributed by atoms with E-state index in [4.69, 9.17) is 4.74 Å². The number of rotatable bonds is 6. The second-order valence-corrected chi connectivity index (χ2v) is 6.39. The molecule has 5 nitrogen and oxygen atoms in total. The third-order valence-corrected chi connectivity index (χ3v) is 4.43. The van der Waals surface area contributed by atoms with Crippen molar-refractivity contribution in [3.8, 4) is 0 Å². The van der Waals surface area contributed by atoms with Gasteiger partial charge in [0.15, 0.2) is 0 Å². The van der Waals surface area contributed by atoms with Crippen LogP contribution in [0.3, 0.4) is 0 Å². The molecule has 1 rings (SSSR count). The van der Waals surface area contributed by atoms with Crippen LogP contribution >= 0.6 is 0 Å². The number of amides is 1. The van der Waals surface area contributed by atoms with Crippen molar-refractivity contribution in [2.45, 2.75) is 33.6 Å². The topological polar surface area (TPSA) is 63.7 Å². The van der Waals surface area contributed by atoms with Crippen molar-refractivity contribution in [3.05, 3.63) is 29.8 Å². The van der Waals surface area contributed by atoms with Crippen molar-refractivity contribution < 1.29 is 17.9 Å². The number of anilines is 1. The van der Waals surface area contributed by atoms with Gasteiger partial charge in [-0.25, -0.2) is 13.2 Å². The van der Waals surface area contributed by atoms with Crippen molar-refractivity contribution in [2.75, 3.05) is 16.7 Å². The fourth-order valence-corrected chi connectivity index (χ4v) is 2.76. The predicted octanol–water partition coefficient (Wildman–Crippen LogP) is 2.95. The van der Waals surface area contributed by atoms with Crippen molar-refractivity contribution in [2.24, 2.45) is 0 Å². The van der Waals surface area contributed by atoms with Gasteiger partial charge in [-0.05, 0) is 38.0 Å². The number of hydrogen-bond donors (Lipinski definition) is 0. The van der Waals surface area contributed by atoms with Crippen LogP contribution in [0.25, 0.3) is 0 Å². The van der Waals surface area contributed by atoms with Crippen LogP contribution in [0.1, 0.15) is 32.8 Å². The van der Waals surface area contributed by atoms with Gasteiger partial charge in [-0.3, -0.25) is 0 Å². The lowest BCUT2D eigenvalue weighted by Gasteiger charge is -2.21. The first-order valence-corrected chi connectivity index (χ1v) is 8.35. The Morgan fingerprint density at radius 2 is 1.75 bits per heavy atom. The van der Waals surface area contributed by atoms with E-state index in [1.54, 1.807) is 19.1 Å². The van der Waals surface area contributed by atoms with Crippen molar-refractivity contribution >= 4 is 21.8 Å². The number of carbonyl (C=O) groups is 1. The molecule has 0 saturated carbocycles. The molecule has 6 heteroatoms. The molecule has 1 aromatic rings. The predicted molar refractivity (Wildman–Crippen MR) is 79.4 cm³/mol. The van der Waals surface area contributed by atoms with E-state index < -0.39 is 16.1 Å². The smallest absolute Gasteiger partial charge is 0.428 e. The summed E-state index contributed by atoms with van der Waals surface area (Å²) in [6, 6.07) is 6.93. The molecular formula is C14H21NO4S. The summed E-state index contributed by atoms with van der Waals surface area (Å²) in [6.07, 6.45) is 1.06. The van der Waals surface area contributed by atoms with E-state index in [-0.39, 0.29) is 12.4 Å². The zero-order chi connectivity index (χ0) is 15.2. The lowest BCUT2D eigenvalue weighted by molar-refractivity contribution is 0.164.